The summed E-state index contributed by atoms with van der Waals surface area (Å²) >= 11 is 0. The Morgan fingerprint density at radius 3 is 2.59 bits per heavy atom. The number of aliphatic hydroxyl groups excluding tert-OH is 1. The Bertz CT molecular complexity index is 940. The van der Waals surface area contributed by atoms with Crippen molar-refractivity contribution >= 4 is 10.1 Å². The van der Waals surface area contributed by atoms with Gasteiger partial charge in [0.15, 0.2) is 0 Å². The number of halogens is 1. The standard InChI is InChI=1S/C23H29FO4S/c1-3-4-13-23(21-11-8-19(24)16-18(21)7-12-22(23)25)14-15-28-29(26,27)20-9-5-17(2)6-10-20/h5-6,8-11,16,22,25H,3-4,7,12-15H2,1-2H3. The second kappa shape index (κ2) is 8.94. The predicted octanol–water partition coefficient (Wildman–Crippen LogP) is 4.66. The fourth-order valence-electron chi connectivity index (χ4n) is 4.33. The molecular weight excluding hydrogens is 391 g/mol. The molecule has 1 aliphatic carbocycles. The molecule has 2 aromatic rings. The summed E-state index contributed by atoms with van der Waals surface area (Å²) in [4.78, 5) is 0.123. The smallest absolute Gasteiger partial charge is 0.296 e. The van der Waals surface area contributed by atoms with E-state index in [9.17, 15) is 17.9 Å². The molecule has 158 valence electrons. The van der Waals surface area contributed by atoms with Crippen LogP contribution in [0.4, 0.5) is 4.39 Å². The van der Waals surface area contributed by atoms with E-state index in [-0.39, 0.29) is 17.3 Å². The number of aliphatic hydroxyl groups is 1. The zero-order valence-electron chi connectivity index (χ0n) is 17.0. The molecule has 1 N–H and O–H groups in total. The molecule has 0 radical (unpaired) electrons. The van der Waals surface area contributed by atoms with Crippen LogP contribution in [-0.4, -0.2) is 26.2 Å². The van der Waals surface area contributed by atoms with Gasteiger partial charge in [-0.25, -0.2) is 4.39 Å². The lowest BCUT2D eigenvalue weighted by Gasteiger charge is -2.43. The van der Waals surface area contributed by atoms with Gasteiger partial charge in [0.25, 0.3) is 10.1 Å². The first kappa shape index (κ1) is 21.9. The van der Waals surface area contributed by atoms with Gasteiger partial charge in [0.05, 0.1) is 17.6 Å². The maximum Gasteiger partial charge on any atom is 0.296 e. The lowest BCUT2D eigenvalue weighted by molar-refractivity contribution is 0.0417. The first-order valence-corrected chi connectivity index (χ1v) is 11.6. The summed E-state index contributed by atoms with van der Waals surface area (Å²) in [6.45, 7) is 3.93. The molecule has 29 heavy (non-hydrogen) atoms. The molecule has 0 heterocycles. The van der Waals surface area contributed by atoms with E-state index in [0.717, 1.165) is 29.5 Å². The van der Waals surface area contributed by atoms with E-state index in [1.54, 1.807) is 18.2 Å². The summed E-state index contributed by atoms with van der Waals surface area (Å²) < 4.78 is 44.2. The van der Waals surface area contributed by atoms with Crippen LogP contribution in [0.15, 0.2) is 47.4 Å². The van der Waals surface area contributed by atoms with Crippen LogP contribution >= 0.6 is 0 Å². The van der Waals surface area contributed by atoms with Crippen molar-refractivity contribution in [3.05, 3.63) is 65.0 Å². The first-order chi connectivity index (χ1) is 13.8. The molecule has 0 saturated heterocycles. The van der Waals surface area contributed by atoms with Crippen LogP contribution in [0.25, 0.3) is 0 Å². The average Bonchev–Trinajstić information content (AvgIpc) is 2.69. The lowest BCUT2D eigenvalue weighted by atomic mass is 9.64. The van der Waals surface area contributed by atoms with Gasteiger partial charge in [0.1, 0.15) is 5.82 Å². The zero-order valence-corrected chi connectivity index (χ0v) is 17.8. The van der Waals surface area contributed by atoms with Crippen LogP contribution < -0.4 is 0 Å². The number of fused-ring (bicyclic) bond motifs is 1. The molecule has 2 aromatic carbocycles. The van der Waals surface area contributed by atoms with Gasteiger partial charge >= 0.3 is 0 Å². The minimum absolute atomic E-state index is 0.0339. The number of aryl methyl sites for hydroxylation is 2. The van der Waals surface area contributed by atoms with Crippen LogP contribution in [0.1, 0.15) is 55.7 Å². The quantitative estimate of drug-likeness (QED) is 0.631. The van der Waals surface area contributed by atoms with Gasteiger partial charge in [0, 0.05) is 5.41 Å². The van der Waals surface area contributed by atoms with Gasteiger partial charge in [0.2, 0.25) is 0 Å². The molecule has 0 saturated carbocycles. The van der Waals surface area contributed by atoms with Crippen LogP contribution in [0.5, 0.6) is 0 Å². The largest absolute Gasteiger partial charge is 0.392 e. The Balaban J connectivity index is 1.84. The maximum atomic E-state index is 13.8. The molecule has 4 nitrogen and oxygen atoms in total. The van der Waals surface area contributed by atoms with Gasteiger partial charge in [-0.05, 0) is 68.0 Å². The molecule has 3 rings (SSSR count). The Morgan fingerprint density at radius 2 is 1.90 bits per heavy atom. The van der Waals surface area contributed by atoms with Crippen molar-refractivity contribution in [2.75, 3.05) is 6.61 Å². The SMILES string of the molecule is CCCCC1(CCOS(=O)(=O)c2ccc(C)cc2)c2ccc(F)cc2CCC1O. The highest BCUT2D eigenvalue weighted by atomic mass is 32.2. The van der Waals surface area contributed by atoms with Crippen LogP contribution in [0.2, 0.25) is 0 Å². The molecule has 6 heteroatoms. The van der Waals surface area contributed by atoms with Crippen molar-refractivity contribution < 1.29 is 22.1 Å². The molecule has 0 fully saturated rings. The highest BCUT2D eigenvalue weighted by Gasteiger charge is 2.43. The number of hydrogen-bond donors (Lipinski definition) is 1. The van der Waals surface area contributed by atoms with Crippen molar-refractivity contribution in [2.45, 2.75) is 68.8 Å². The molecule has 1 aliphatic rings. The second-order valence-electron chi connectivity index (χ2n) is 7.95. The molecule has 0 aliphatic heterocycles. The molecule has 0 bridgehead atoms. The number of benzene rings is 2. The normalized spacial score (nSPS) is 21.7. The average molecular weight is 421 g/mol. The van der Waals surface area contributed by atoms with Gasteiger partial charge in [-0.15, -0.1) is 0 Å². The third kappa shape index (κ3) is 4.71. The Morgan fingerprint density at radius 1 is 1.17 bits per heavy atom. The lowest BCUT2D eigenvalue weighted by Crippen LogP contribution is -2.44. The fourth-order valence-corrected chi connectivity index (χ4v) is 5.24. The third-order valence-corrected chi connectivity index (χ3v) is 7.33. The van der Waals surface area contributed by atoms with Crippen LogP contribution in [0.3, 0.4) is 0 Å². The Kier molecular flexibility index (Phi) is 6.76. The molecule has 0 spiro atoms. The van der Waals surface area contributed by atoms with Gasteiger partial charge in [-0.2, -0.15) is 8.42 Å². The fraction of sp³-hybridized carbons (Fsp3) is 0.478. The van der Waals surface area contributed by atoms with E-state index in [2.05, 4.69) is 6.92 Å². The zero-order chi connectivity index (χ0) is 21.1. The minimum atomic E-state index is -3.87. The van der Waals surface area contributed by atoms with Crippen molar-refractivity contribution in [3.63, 3.8) is 0 Å². The summed E-state index contributed by atoms with van der Waals surface area (Å²) in [7, 11) is -3.87. The molecular formula is C23H29FO4S. The predicted molar refractivity (Wildman–Crippen MR) is 111 cm³/mol. The minimum Gasteiger partial charge on any atom is -0.392 e. The number of hydrogen-bond acceptors (Lipinski definition) is 4. The van der Waals surface area contributed by atoms with E-state index < -0.39 is 21.6 Å². The van der Waals surface area contributed by atoms with Crippen molar-refractivity contribution in [1.82, 2.24) is 0 Å². The molecule has 2 atom stereocenters. The monoisotopic (exact) mass is 420 g/mol. The number of rotatable bonds is 8. The van der Waals surface area contributed by atoms with Crippen LogP contribution in [0, 0.1) is 12.7 Å². The summed E-state index contributed by atoms with van der Waals surface area (Å²) in [6, 6.07) is 11.2. The Hall–Kier alpha value is -1.76. The summed E-state index contributed by atoms with van der Waals surface area (Å²) in [5, 5.41) is 10.9. The van der Waals surface area contributed by atoms with E-state index in [1.807, 2.05) is 6.92 Å². The van der Waals surface area contributed by atoms with E-state index in [4.69, 9.17) is 4.18 Å². The maximum absolute atomic E-state index is 13.8. The van der Waals surface area contributed by atoms with Gasteiger partial charge in [-0.1, -0.05) is 43.5 Å². The van der Waals surface area contributed by atoms with Crippen LogP contribution in [-0.2, 0) is 26.1 Å². The van der Waals surface area contributed by atoms with Gasteiger partial charge in [-0.3, -0.25) is 4.18 Å². The Labute approximate surface area is 172 Å². The summed E-state index contributed by atoms with van der Waals surface area (Å²) in [5.41, 5.74) is 2.16. The summed E-state index contributed by atoms with van der Waals surface area (Å²) in [5.74, 6) is -0.289. The van der Waals surface area contributed by atoms with Crippen molar-refractivity contribution in [1.29, 1.82) is 0 Å². The van der Waals surface area contributed by atoms with E-state index in [0.29, 0.717) is 25.7 Å². The summed E-state index contributed by atoms with van der Waals surface area (Å²) in [6.07, 6.45) is 3.44. The molecule has 0 amide bonds. The van der Waals surface area contributed by atoms with Crippen molar-refractivity contribution in [3.8, 4) is 0 Å². The first-order valence-electron chi connectivity index (χ1n) is 10.2. The highest BCUT2D eigenvalue weighted by molar-refractivity contribution is 7.86. The molecule has 2 unspecified atom stereocenters. The van der Waals surface area contributed by atoms with Gasteiger partial charge < -0.3 is 5.11 Å². The molecule has 0 aromatic heterocycles. The highest BCUT2D eigenvalue weighted by Crippen LogP contribution is 2.44. The second-order valence-corrected chi connectivity index (χ2v) is 9.57. The van der Waals surface area contributed by atoms with E-state index >= 15 is 0 Å². The van der Waals surface area contributed by atoms with Crippen molar-refractivity contribution in [2.24, 2.45) is 0 Å². The number of unbranched alkanes of at least 4 members (excludes halogenated alkanes) is 1. The van der Waals surface area contributed by atoms with E-state index in [1.165, 1.54) is 24.3 Å². The topological polar surface area (TPSA) is 63.6 Å². The third-order valence-electron chi connectivity index (χ3n) is 6.00.